The number of rotatable bonds is 9. The summed E-state index contributed by atoms with van der Waals surface area (Å²) in [6, 6.07) is 8.93. The lowest BCUT2D eigenvalue weighted by atomic mass is 10.0. The minimum absolute atomic E-state index is 0.152. The van der Waals surface area contributed by atoms with Crippen LogP contribution in [-0.2, 0) is 4.74 Å². The van der Waals surface area contributed by atoms with E-state index in [0.717, 1.165) is 18.7 Å². The molecule has 0 aliphatic rings. The number of nitrogens with zero attached hydrogens (tertiary/aromatic N) is 1. The summed E-state index contributed by atoms with van der Waals surface area (Å²) in [5, 5.41) is 12.4. The summed E-state index contributed by atoms with van der Waals surface area (Å²) in [6.07, 6.45) is 1.07. The van der Waals surface area contributed by atoms with E-state index in [4.69, 9.17) is 9.84 Å². The molecule has 0 aliphatic carbocycles. The van der Waals surface area contributed by atoms with Gasteiger partial charge in [-0.1, -0.05) is 19.1 Å². The van der Waals surface area contributed by atoms with Gasteiger partial charge < -0.3 is 20.1 Å². The molecule has 1 unspecified atom stereocenters. The molecule has 1 atom stereocenters. The zero-order chi connectivity index (χ0) is 14.1. The maximum atomic E-state index is 9.12. The largest absolute Gasteiger partial charge is 0.395 e. The molecular weight excluding hydrogens is 240 g/mol. The molecule has 2 N–H and O–H groups in total. The van der Waals surface area contributed by atoms with Gasteiger partial charge in [0.25, 0.3) is 0 Å². The van der Waals surface area contributed by atoms with Crippen LogP contribution >= 0.6 is 0 Å². The molecule has 0 heterocycles. The van der Waals surface area contributed by atoms with Crippen molar-refractivity contribution in [3.05, 3.63) is 29.8 Å². The van der Waals surface area contributed by atoms with E-state index in [1.807, 2.05) is 7.05 Å². The van der Waals surface area contributed by atoms with Crippen LogP contribution in [0.15, 0.2) is 24.3 Å². The molecule has 4 nitrogen and oxygen atoms in total. The maximum absolute atomic E-state index is 9.12. The molecular formula is C15H26N2O2. The molecule has 0 saturated carbocycles. The van der Waals surface area contributed by atoms with Gasteiger partial charge in [-0.3, -0.25) is 0 Å². The summed E-state index contributed by atoms with van der Waals surface area (Å²) >= 11 is 0. The van der Waals surface area contributed by atoms with E-state index in [1.165, 1.54) is 5.56 Å². The van der Waals surface area contributed by atoms with Crippen molar-refractivity contribution in [3.63, 3.8) is 0 Å². The number of methoxy groups -OCH3 is 1. The van der Waals surface area contributed by atoms with Gasteiger partial charge >= 0.3 is 0 Å². The average Bonchev–Trinajstić information content (AvgIpc) is 2.45. The summed E-state index contributed by atoms with van der Waals surface area (Å²) in [5.74, 6) is 0. The molecule has 0 saturated heterocycles. The van der Waals surface area contributed by atoms with Gasteiger partial charge in [-0.25, -0.2) is 0 Å². The Kier molecular flexibility index (Phi) is 7.48. The Bertz CT molecular complexity index is 337. The molecule has 0 bridgehead atoms. The molecule has 0 aliphatic heterocycles. The van der Waals surface area contributed by atoms with E-state index in [0.29, 0.717) is 19.2 Å². The number of anilines is 1. The number of aliphatic hydroxyl groups excluding tert-OH is 1. The van der Waals surface area contributed by atoms with E-state index < -0.39 is 0 Å². The third kappa shape index (κ3) is 4.82. The summed E-state index contributed by atoms with van der Waals surface area (Å²) < 4.78 is 5.10. The van der Waals surface area contributed by atoms with E-state index in [-0.39, 0.29) is 6.61 Å². The number of benzene rings is 1. The van der Waals surface area contributed by atoms with Crippen LogP contribution in [-0.4, -0.2) is 45.6 Å². The number of hydrogen-bond donors (Lipinski definition) is 2. The second-order valence-corrected chi connectivity index (χ2v) is 4.54. The van der Waals surface area contributed by atoms with Crippen molar-refractivity contribution < 1.29 is 9.84 Å². The first-order valence-electron chi connectivity index (χ1n) is 6.88. The highest BCUT2D eigenvalue weighted by Gasteiger charge is 2.09. The minimum Gasteiger partial charge on any atom is -0.395 e. The monoisotopic (exact) mass is 266 g/mol. The lowest BCUT2D eigenvalue weighted by molar-refractivity contribution is 0.203. The fourth-order valence-electron chi connectivity index (χ4n) is 2.22. The molecule has 1 aromatic rings. The van der Waals surface area contributed by atoms with Crippen LogP contribution in [0.3, 0.4) is 0 Å². The first-order valence-corrected chi connectivity index (χ1v) is 6.88. The lowest BCUT2D eigenvalue weighted by Gasteiger charge is -2.24. The number of nitrogens with one attached hydrogen (secondary N) is 1. The number of aliphatic hydroxyl groups is 1. The Morgan fingerprint density at radius 3 is 2.42 bits per heavy atom. The lowest BCUT2D eigenvalue weighted by Crippen LogP contribution is -2.30. The Labute approximate surface area is 116 Å². The zero-order valence-corrected chi connectivity index (χ0v) is 12.2. The molecule has 0 aromatic heterocycles. The van der Waals surface area contributed by atoms with Crippen LogP contribution in [0.25, 0.3) is 0 Å². The molecule has 0 radical (unpaired) electrons. The van der Waals surface area contributed by atoms with Crippen molar-refractivity contribution in [1.29, 1.82) is 0 Å². The van der Waals surface area contributed by atoms with Crippen LogP contribution < -0.4 is 10.2 Å². The van der Waals surface area contributed by atoms with Crippen molar-refractivity contribution in [2.45, 2.75) is 19.4 Å². The SMILES string of the molecule is CCC(NC)c1ccc(N(CCO)CCOC)cc1. The van der Waals surface area contributed by atoms with Crippen LogP contribution in [0.1, 0.15) is 24.9 Å². The highest BCUT2D eigenvalue weighted by Crippen LogP contribution is 2.20. The molecule has 1 rings (SSSR count). The van der Waals surface area contributed by atoms with Gasteiger partial charge in [0, 0.05) is 31.9 Å². The smallest absolute Gasteiger partial charge is 0.0637 e. The normalized spacial score (nSPS) is 12.4. The third-order valence-corrected chi connectivity index (χ3v) is 3.35. The van der Waals surface area contributed by atoms with E-state index >= 15 is 0 Å². The molecule has 1 aromatic carbocycles. The fraction of sp³-hybridized carbons (Fsp3) is 0.600. The standard InChI is InChI=1S/C15H26N2O2/c1-4-15(16-2)13-5-7-14(8-6-13)17(9-11-18)10-12-19-3/h5-8,15-16,18H,4,9-12H2,1-3H3. The summed E-state index contributed by atoms with van der Waals surface area (Å²) in [4.78, 5) is 2.13. The van der Waals surface area contributed by atoms with Crippen molar-refractivity contribution in [2.75, 3.05) is 45.4 Å². The second kappa shape index (κ2) is 8.91. The Balaban J connectivity index is 2.76. The van der Waals surface area contributed by atoms with Crippen molar-refractivity contribution in [1.82, 2.24) is 5.32 Å². The van der Waals surface area contributed by atoms with Gasteiger partial charge in [0.2, 0.25) is 0 Å². The Morgan fingerprint density at radius 1 is 1.26 bits per heavy atom. The molecule has 0 spiro atoms. The predicted molar refractivity (Wildman–Crippen MR) is 79.7 cm³/mol. The van der Waals surface area contributed by atoms with E-state index in [9.17, 15) is 0 Å². The number of ether oxygens (including phenoxy) is 1. The van der Waals surface area contributed by atoms with Gasteiger partial charge in [-0.05, 0) is 31.2 Å². The second-order valence-electron chi connectivity index (χ2n) is 4.54. The van der Waals surface area contributed by atoms with Crippen LogP contribution in [0.4, 0.5) is 5.69 Å². The molecule has 108 valence electrons. The van der Waals surface area contributed by atoms with Gasteiger partial charge in [0.15, 0.2) is 0 Å². The Morgan fingerprint density at radius 2 is 1.95 bits per heavy atom. The maximum Gasteiger partial charge on any atom is 0.0637 e. The quantitative estimate of drug-likeness (QED) is 0.715. The van der Waals surface area contributed by atoms with Gasteiger partial charge in [0.05, 0.1) is 13.2 Å². The summed E-state index contributed by atoms with van der Waals surface area (Å²) in [5.41, 5.74) is 2.42. The summed E-state index contributed by atoms with van der Waals surface area (Å²) in [7, 11) is 3.68. The average molecular weight is 266 g/mol. The first-order chi connectivity index (χ1) is 9.26. The zero-order valence-electron chi connectivity index (χ0n) is 12.2. The minimum atomic E-state index is 0.152. The Hall–Kier alpha value is -1.10. The topological polar surface area (TPSA) is 44.7 Å². The predicted octanol–water partition coefficient (Wildman–Crippen LogP) is 1.80. The molecule has 0 fully saturated rings. The van der Waals surface area contributed by atoms with Crippen LogP contribution in [0, 0.1) is 0 Å². The molecule has 4 heteroatoms. The summed E-state index contributed by atoms with van der Waals surface area (Å²) in [6.45, 7) is 4.41. The van der Waals surface area contributed by atoms with Crippen molar-refractivity contribution in [3.8, 4) is 0 Å². The third-order valence-electron chi connectivity index (χ3n) is 3.35. The van der Waals surface area contributed by atoms with Gasteiger partial charge in [-0.15, -0.1) is 0 Å². The van der Waals surface area contributed by atoms with E-state index in [2.05, 4.69) is 41.4 Å². The molecule has 0 amide bonds. The van der Waals surface area contributed by atoms with Crippen LogP contribution in [0.2, 0.25) is 0 Å². The molecule has 19 heavy (non-hydrogen) atoms. The number of hydrogen-bond acceptors (Lipinski definition) is 4. The van der Waals surface area contributed by atoms with Gasteiger partial charge in [-0.2, -0.15) is 0 Å². The first kappa shape index (κ1) is 16.0. The van der Waals surface area contributed by atoms with E-state index in [1.54, 1.807) is 7.11 Å². The van der Waals surface area contributed by atoms with Crippen LogP contribution in [0.5, 0.6) is 0 Å². The van der Waals surface area contributed by atoms with Crippen molar-refractivity contribution >= 4 is 5.69 Å². The van der Waals surface area contributed by atoms with Crippen molar-refractivity contribution in [2.24, 2.45) is 0 Å². The van der Waals surface area contributed by atoms with Gasteiger partial charge in [0.1, 0.15) is 0 Å². The highest BCUT2D eigenvalue weighted by atomic mass is 16.5. The fourth-order valence-corrected chi connectivity index (χ4v) is 2.22. The highest BCUT2D eigenvalue weighted by molar-refractivity contribution is 5.48.